The van der Waals surface area contributed by atoms with E-state index < -0.39 is 0 Å². The normalized spacial score (nSPS) is 20.0. The molecule has 0 bridgehead atoms. The molecule has 0 N–H and O–H groups in total. The molecule has 2 rings (SSSR count). The lowest BCUT2D eigenvalue weighted by atomic mass is 9.93. The smallest absolute Gasteiger partial charge is 0.142 e. The topological polar surface area (TPSA) is 0 Å². The summed E-state index contributed by atoms with van der Waals surface area (Å²) in [4.78, 5) is 0. The van der Waals surface area contributed by atoms with Crippen molar-refractivity contribution in [1.82, 2.24) is 0 Å². The van der Waals surface area contributed by atoms with Crippen LogP contribution in [0.5, 0.6) is 0 Å². The highest BCUT2D eigenvalue weighted by molar-refractivity contribution is 6.30. The Morgan fingerprint density at radius 2 is 2.13 bits per heavy atom. The van der Waals surface area contributed by atoms with Crippen molar-refractivity contribution in [2.45, 2.75) is 31.6 Å². The summed E-state index contributed by atoms with van der Waals surface area (Å²) in [7, 11) is 0. The molecule has 82 valence electrons. The fourth-order valence-electron chi connectivity index (χ4n) is 1.93. The summed E-state index contributed by atoms with van der Waals surface area (Å²) in [6, 6.07) is 5.01. The third-order valence-corrected chi connectivity index (χ3v) is 4.05. The summed E-state index contributed by atoms with van der Waals surface area (Å²) < 4.78 is 13.2. The van der Waals surface area contributed by atoms with Crippen LogP contribution in [0, 0.1) is 11.2 Å². The third-order valence-electron chi connectivity index (χ3n) is 3.28. The van der Waals surface area contributed by atoms with Crippen LogP contribution in [0.4, 0.5) is 4.39 Å². The van der Waals surface area contributed by atoms with Crippen LogP contribution in [0.25, 0.3) is 0 Å². The average molecular weight is 247 g/mol. The van der Waals surface area contributed by atoms with Gasteiger partial charge in [0.1, 0.15) is 5.82 Å². The molecule has 1 fully saturated rings. The molecule has 1 aliphatic rings. The highest BCUT2D eigenvalue weighted by atomic mass is 35.5. The Morgan fingerprint density at radius 1 is 1.47 bits per heavy atom. The van der Waals surface area contributed by atoms with E-state index in [0.29, 0.717) is 0 Å². The Hall–Kier alpha value is -0.270. The first-order valence-electron chi connectivity index (χ1n) is 5.11. The van der Waals surface area contributed by atoms with Crippen LogP contribution >= 0.6 is 23.2 Å². The number of alkyl halides is 1. The predicted octanol–water partition coefficient (Wildman–Crippen LogP) is 4.43. The van der Waals surface area contributed by atoms with Gasteiger partial charge in [0.2, 0.25) is 0 Å². The van der Waals surface area contributed by atoms with Crippen molar-refractivity contribution in [1.29, 1.82) is 0 Å². The maximum atomic E-state index is 13.2. The molecular weight excluding hydrogens is 234 g/mol. The molecule has 0 heterocycles. The van der Waals surface area contributed by atoms with Crippen LogP contribution in [-0.4, -0.2) is 5.38 Å². The number of halogens is 3. The molecule has 0 amide bonds. The predicted molar refractivity (Wildman–Crippen MR) is 62.1 cm³/mol. The Labute approximate surface area is 99.4 Å². The monoisotopic (exact) mass is 246 g/mol. The average Bonchev–Trinajstić information content (AvgIpc) is 2.93. The van der Waals surface area contributed by atoms with Crippen molar-refractivity contribution in [3.05, 3.63) is 34.6 Å². The van der Waals surface area contributed by atoms with E-state index in [1.165, 1.54) is 6.07 Å². The number of hydrogen-bond acceptors (Lipinski definition) is 0. The molecule has 0 saturated heterocycles. The molecule has 0 aromatic heterocycles. The molecule has 0 aliphatic heterocycles. The van der Waals surface area contributed by atoms with E-state index >= 15 is 0 Å². The fraction of sp³-hybridized carbons (Fsp3) is 0.500. The van der Waals surface area contributed by atoms with Gasteiger partial charge in [-0.2, -0.15) is 0 Å². The van der Waals surface area contributed by atoms with Crippen molar-refractivity contribution in [2.24, 2.45) is 5.41 Å². The van der Waals surface area contributed by atoms with Gasteiger partial charge in [-0.05, 0) is 49.3 Å². The highest BCUT2D eigenvalue weighted by Gasteiger charge is 2.46. The summed E-state index contributed by atoms with van der Waals surface area (Å²) in [5, 5.41) is 0.332. The zero-order valence-corrected chi connectivity index (χ0v) is 10.1. The van der Waals surface area contributed by atoms with Gasteiger partial charge in [-0.3, -0.25) is 0 Å². The molecule has 3 heteroatoms. The standard InChI is InChI=1S/C12H13Cl2F/c1-8(13)12(4-5-12)7-9-2-3-10(14)11(15)6-9/h2-3,6,8H,4-5,7H2,1H3. The van der Waals surface area contributed by atoms with Crippen LogP contribution in [0.3, 0.4) is 0 Å². The van der Waals surface area contributed by atoms with Crippen molar-refractivity contribution in [3.8, 4) is 0 Å². The zero-order chi connectivity index (χ0) is 11.1. The molecule has 1 aromatic rings. The lowest BCUT2D eigenvalue weighted by Gasteiger charge is -2.17. The summed E-state index contributed by atoms with van der Waals surface area (Å²) in [5.74, 6) is -0.341. The molecule has 1 aliphatic carbocycles. The second-order valence-electron chi connectivity index (χ2n) is 4.40. The fourth-order valence-corrected chi connectivity index (χ4v) is 2.34. The van der Waals surface area contributed by atoms with Gasteiger partial charge in [0.15, 0.2) is 0 Å². The second kappa shape index (κ2) is 3.95. The molecule has 15 heavy (non-hydrogen) atoms. The summed E-state index contributed by atoms with van der Waals surface area (Å²) in [5.41, 5.74) is 1.18. The minimum absolute atomic E-state index is 0.149. The molecule has 1 atom stereocenters. The minimum atomic E-state index is -0.341. The van der Waals surface area contributed by atoms with Gasteiger partial charge in [-0.1, -0.05) is 17.7 Å². The van der Waals surface area contributed by atoms with Gasteiger partial charge in [0.05, 0.1) is 5.02 Å². The third kappa shape index (κ3) is 2.29. The quantitative estimate of drug-likeness (QED) is 0.693. The van der Waals surface area contributed by atoms with Gasteiger partial charge in [0.25, 0.3) is 0 Å². The van der Waals surface area contributed by atoms with E-state index in [1.807, 2.05) is 13.0 Å². The van der Waals surface area contributed by atoms with E-state index in [1.54, 1.807) is 6.07 Å². The van der Waals surface area contributed by atoms with Crippen molar-refractivity contribution in [2.75, 3.05) is 0 Å². The summed E-state index contributed by atoms with van der Waals surface area (Å²) >= 11 is 11.8. The zero-order valence-electron chi connectivity index (χ0n) is 8.56. The first-order chi connectivity index (χ1) is 7.03. The molecule has 1 saturated carbocycles. The molecule has 1 aromatic carbocycles. The molecule has 0 spiro atoms. The van der Waals surface area contributed by atoms with Crippen LogP contribution in [-0.2, 0) is 6.42 Å². The second-order valence-corrected chi connectivity index (χ2v) is 5.47. The Balaban J connectivity index is 2.15. The van der Waals surface area contributed by atoms with E-state index in [-0.39, 0.29) is 21.6 Å². The van der Waals surface area contributed by atoms with Gasteiger partial charge >= 0.3 is 0 Å². The summed E-state index contributed by atoms with van der Waals surface area (Å²) in [6.45, 7) is 2.01. The largest absolute Gasteiger partial charge is 0.205 e. The Kier molecular flexibility index (Phi) is 2.96. The van der Waals surface area contributed by atoms with Gasteiger partial charge < -0.3 is 0 Å². The molecule has 1 unspecified atom stereocenters. The van der Waals surface area contributed by atoms with Crippen molar-refractivity contribution in [3.63, 3.8) is 0 Å². The van der Waals surface area contributed by atoms with Crippen molar-refractivity contribution < 1.29 is 4.39 Å². The SMILES string of the molecule is CC(Cl)C1(Cc2ccc(Cl)c(F)c2)CC1. The van der Waals surface area contributed by atoms with Crippen LogP contribution in [0.2, 0.25) is 5.02 Å². The van der Waals surface area contributed by atoms with E-state index in [0.717, 1.165) is 24.8 Å². The van der Waals surface area contributed by atoms with Gasteiger partial charge in [-0.25, -0.2) is 4.39 Å². The van der Waals surface area contributed by atoms with Crippen LogP contribution in [0.15, 0.2) is 18.2 Å². The van der Waals surface area contributed by atoms with E-state index in [9.17, 15) is 4.39 Å². The molecule has 0 nitrogen and oxygen atoms in total. The Bertz CT molecular complexity index is 370. The molecular formula is C12H13Cl2F. The number of rotatable bonds is 3. The molecule has 0 radical (unpaired) electrons. The lowest BCUT2D eigenvalue weighted by Crippen LogP contribution is -2.15. The van der Waals surface area contributed by atoms with Gasteiger partial charge in [0, 0.05) is 5.38 Å². The van der Waals surface area contributed by atoms with E-state index in [2.05, 4.69) is 0 Å². The first kappa shape index (κ1) is 11.2. The maximum Gasteiger partial charge on any atom is 0.142 e. The Morgan fingerprint density at radius 3 is 2.60 bits per heavy atom. The highest BCUT2D eigenvalue weighted by Crippen LogP contribution is 2.53. The first-order valence-corrected chi connectivity index (χ1v) is 5.93. The van der Waals surface area contributed by atoms with Crippen LogP contribution < -0.4 is 0 Å². The van der Waals surface area contributed by atoms with Crippen molar-refractivity contribution >= 4 is 23.2 Å². The van der Waals surface area contributed by atoms with E-state index in [4.69, 9.17) is 23.2 Å². The maximum absolute atomic E-state index is 13.2. The number of hydrogen-bond donors (Lipinski definition) is 0. The minimum Gasteiger partial charge on any atom is -0.205 e. The lowest BCUT2D eigenvalue weighted by molar-refractivity contribution is 0.494. The van der Waals surface area contributed by atoms with Gasteiger partial charge in [-0.15, -0.1) is 11.6 Å². The summed E-state index contributed by atoms with van der Waals surface area (Å²) in [6.07, 6.45) is 3.13. The van der Waals surface area contributed by atoms with Crippen LogP contribution in [0.1, 0.15) is 25.3 Å². The number of benzene rings is 1.